The zero-order chi connectivity index (χ0) is 10.7. The maximum absolute atomic E-state index is 10.8. The summed E-state index contributed by atoms with van der Waals surface area (Å²) in [6, 6.07) is 7.47. The van der Waals surface area contributed by atoms with Crippen molar-refractivity contribution in [3.05, 3.63) is 29.8 Å². The molecule has 80 valence electrons. The summed E-state index contributed by atoms with van der Waals surface area (Å²) in [7, 11) is 0. The third-order valence-corrected chi connectivity index (χ3v) is 2.51. The van der Waals surface area contributed by atoms with Crippen LogP contribution in [0.2, 0.25) is 0 Å². The third kappa shape index (κ3) is 2.40. The molecule has 0 aromatic heterocycles. The van der Waals surface area contributed by atoms with Crippen LogP contribution in [-0.2, 0) is 6.42 Å². The Morgan fingerprint density at radius 2 is 2.27 bits per heavy atom. The smallest absolute Gasteiger partial charge is 0.312 e. The number of hydrogen-bond acceptors (Lipinski definition) is 2. The van der Waals surface area contributed by atoms with E-state index in [1.165, 1.54) is 0 Å². The number of benzene rings is 1. The van der Waals surface area contributed by atoms with Crippen LogP contribution in [0, 0.1) is 0 Å². The Morgan fingerprint density at radius 3 is 3.07 bits per heavy atom. The van der Waals surface area contributed by atoms with Crippen molar-refractivity contribution in [1.82, 2.24) is 5.32 Å². The van der Waals surface area contributed by atoms with E-state index in [9.17, 15) is 4.79 Å². The Bertz CT molecular complexity index is 365. The first-order chi connectivity index (χ1) is 7.25. The molecule has 1 heterocycles. The molecule has 3 N–H and O–H groups in total. The van der Waals surface area contributed by atoms with Crippen molar-refractivity contribution in [2.24, 2.45) is 5.73 Å². The molecule has 0 spiro atoms. The number of amides is 2. The van der Waals surface area contributed by atoms with Gasteiger partial charge in [0.1, 0.15) is 5.75 Å². The van der Waals surface area contributed by atoms with Gasteiger partial charge in [-0.05, 0) is 18.1 Å². The monoisotopic (exact) mass is 206 g/mol. The minimum Gasteiger partial charge on any atom is -0.493 e. The fourth-order valence-electron chi connectivity index (χ4n) is 1.82. The van der Waals surface area contributed by atoms with Gasteiger partial charge in [-0.1, -0.05) is 18.2 Å². The summed E-state index contributed by atoms with van der Waals surface area (Å²) in [5.74, 6) is 0.909. The Morgan fingerprint density at radius 1 is 1.47 bits per heavy atom. The number of ether oxygens (including phenoxy) is 1. The SMILES string of the molecule is NC(=O)NC1CCOc2ccccc2C1. The maximum atomic E-state index is 10.8. The van der Waals surface area contributed by atoms with E-state index in [1.54, 1.807) is 0 Å². The molecule has 0 saturated carbocycles. The molecule has 0 saturated heterocycles. The minimum atomic E-state index is -0.473. The quantitative estimate of drug-likeness (QED) is 0.721. The number of para-hydroxylation sites is 1. The highest BCUT2D eigenvalue weighted by Crippen LogP contribution is 2.23. The third-order valence-electron chi connectivity index (χ3n) is 2.51. The molecule has 1 aliphatic rings. The Kier molecular flexibility index (Phi) is 2.76. The first kappa shape index (κ1) is 9.83. The van der Waals surface area contributed by atoms with Gasteiger partial charge in [0.25, 0.3) is 0 Å². The lowest BCUT2D eigenvalue weighted by Gasteiger charge is -2.13. The second-order valence-corrected chi connectivity index (χ2v) is 3.65. The Hall–Kier alpha value is -1.71. The van der Waals surface area contributed by atoms with E-state index in [0.29, 0.717) is 6.61 Å². The lowest BCUT2D eigenvalue weighted by molar-refractivity contribution is 0.241. The van der Waals surface area contributed by atoms with Gasteiger partial charge in [0.15, 0.2) is 0 Å². The van der Waals surface area contributed by atoms with Crippen LogP contribution in [0.3, 0.4) is 0 Å². The van der Waals surface area contributed by atoms with Gasteiger partial charge in [-0.3, -0.25) is 0 Å². The summed E-state index contributed by atoms with van der Waals surface area (Å²) >= 11 is 0. The molecular formula is C11H14N2O2. The van der Waals surface area contributed by atoms with Crippen molar-refractivity contribution in [1.29, 1.82) is 0 Å². The molecule has 1 aromatic carbocycles. The number of rotatable bonds is 1. The summed E-state index contributed by atoms with van der Waals surface area (Å²) < 4.78 is 5.57. The van der Waals surface area contributed by atoms with Crippen molar-refractivity contribution in [2.75, 3.05) is 6.61 Å². The number of carbonyl (C=O) groups is 1. The van der Waals surface area contributed by atoms with Crippen molar-refractivity contribution in [3.63, 3.8) is 0 Å². The predicted molar refractivity (Wildman–Crippen MR) is 56.8 cm³/mol. The van der Waals surface area contributed by atoms with Crippen LogP contribution < -0.4 is 15.8 Å². The van der Waals surface area contributed by atoms with Crippen molar-refractivity contribution >= 4 is 6.03 Å². The van der Waals surface area contributed by atoms with Crippen molar-refractivity contribution in [3.8, 4) is 5.75 Å². The molecule has 0 radical (unpaired) electrons. The van der Waals surface area contributed by atoms with E-state index >= 15 is 0 Å². The number of primary amides is 1. The standard InChI is InChI=1S/C11H14N2O2/c12-11(14)13-9-5-6-15-10-4-2-1-3-8(10)7-9/h1-4,9H,5-7H2,(H3,12,13,14). The first-order valence-electron chi connectivity index (χ1n) is 5.02. The lowest BCUT2D eigenvalue weighted by atomic mass is 10.0. The molecule has 2 amide bonds. The fourth-order valence-corrected chi connectivity index (χ4v) is 1.82. The van der Waals surface area contributed by atoms with E-state index < -0.39 is 6.03 Å². The fraction of sp³-hybridized carbons (Fsp3) is 0.364. The van der Waals surface area contributed by atoms with Gasteiger partial charge in [-0.2, -0.15) is 0 Å². The van der Waals surface area contributed by atoms with Gasteiger partial charge in [0.2, 0.25) is 0 Å². The van der Waals surface area contributed by atoms with Gasteiger partial charge < -0.3 is 15.8 Å². The number of hydrogen-bond donors (Lipinski definition) is 2. The second-order valence-electron chi connectivity index (χ2n) is 3.65. The largest absolute Gasteiger partial charge is 0.493 e. The molecule has 1 unspecified atom stereocenters. The topological polar surface area (TPSA) is 64.4 Å². The average molecular weight is 206 g/mol. The van der Waals surface area contributed by atoms with E-state index in [-0.39, 0.29) is 6.04 Å². The highest BCUT2D eigenvalue weighted by molar-refractivity contribution is 5.72. The minimum absolute atomic E-state index is 0.0751. The molecule has 1 atom stereocenters. The van der Waals surface area contributed by atoms with Crippen molar-refractivity contribution < 1.29 is 9.53 Å². The molecule has 4 heteroatoms. The van der Waals surface area contributed by atoms with Crippen LogP contribution in [0.25, 0.3) is 0 Å². The van der Waals surface area contributed by atoms with Gasteiger partial charge in [0.05, 0.1) is 6.61 Å². The first-order valence-corrected chi connectivity index (χ1v) is 5.02. The van der Waals surface area contributed by atoms with Crippen LogP contribution in [0.4, 0.5) is 4.79 Å². The van der Waals surface area contributed by atoms with E-state index in [2.05, 4.69) is 5.32 Å². The average Bonchev–Trinajstić information content (AvgIpc) is 2.38. The molecule has 1 aromatic rings. The Labute approximate surface area is 88.4 Å². The summed E-state index contributed by atoms with van der Waals surface area (Å²) in [4.78, 5) is 10.8. The molecule has 1 aliphatic heterocycles. The lowest BCUT2D eigenvalue weighted by Crippen LogP contribution is -2.40. The highest BCUT2D eigenvalue weighted by atomic mass is 16.5. The normalized spacial score (nSPS) is 19.6. The predicted octanol–water partition coefficient (Wildman–Crippen LogP) is 1.05. The van der Waals surface area contributed by atoms with Crippen LogP contribution in [0.1, 0.15) is 12.0 Å². The molecule has 15 heavy (non-hydrogen) atoms. The van der Waals surface area contributed by atoms with Gasteiger partial charge in [0, 0.05) is 12.5 Å². The van der Waals surface area contributed by atoms with E-state index in [0.717, 1.165) is 24.2 Å². The van der Waals surface area contributed by atoms with Crippen LogP contribution >= 0.6 is 0 Å². The summed E-state index contributed by atoms with van der Waals surface area (Å²) in [5.41, 5.74) is 6.22. The van der Waals surface area contributed by atoms with Crippen LogP contribution in [-0.4, -0.2) is 18.7 Å². The molecule has 4 nitrogen and oxygen atoms in total. The Balaban J connectivity index is 2.13. The molecule has 2 rings (SSSR count). The van der Waals surface area contributed by atoms with Gasteiger partial charge in [-0.15, -0.1) is 0 Å². The van der Waals surface area contributed by atoms with Crippen molar-refractivity contribution in [2.45, 2.75) is 18.9 Å². The number of nitrogens with one attached hydrogen (secondary N) is 1. The molecular weight excluding hydrogens is 192 g/mol. The number of urea groups is 1. The van der Waals surface area contributed by atoms with Crippen LogP contribution in [0.15, 0.2) is 24.3 Å². The second kappa shape index (κ2) is 4.21. The molecule has 0 aliphatic carbocycles. The summed E-state index contributed by atoms with van der Waals surface area (Å²) in [6.45, 7) is 0.613. The van der Waals surface area contributed by atoms with E-state index in [4.69, 9.17) is 10.5 Å². The zero-order valence-corrected chi connectivity index (χ0v) is 8.40. The summed E-state index contributed by atoms with van der Waals surface area (Å²) in [6.07, 6.45) is 1.57. The van der Waals surface area contributed by atoms with Gasteiger partial charge >= 0.3 is 6.03 Å². The number of carbonyl (C=O) groups excluding carboxylic acids is 1. The molecule has 0 bridgehead atoms. The molecule has 0 fully saturated rings. The van der Waals surface area contributed by atoms with Gasteiger partial charge in [-0.25, -0.2) is 4.79 Å². The zero-order valence-electron chi connectivity index (χ0n) is 8.40. The number of fused-ring (bicyclic) bond motifs is 1. The van der Waals surface area contributed by atoms with Crippen LogP contribution in [0.5, 0.6) is 5.75 Å². The highest BCUT2D eigenvalue weighted by Gasteiger charge is 2.17. The maximum Gasteiger partial charge on any atom is 0.312 e. The summed E-state index contributed by atoms with van der Waals surface area (Å²) in [5, 5.41) is 2.72. The van der Waals surface area contributed by atoms with E-state index in [1.807, 2.05) is 24.3 Å². The number of nitrogens with two attached hydrogens (primary N) is 1.